The van der Waals surface area contributed by atoms with Crippen molar-refractivity contribution in [1.29, 1.82) is 0 Å². The molecule has 3 rings (SSSR count). The van der Waals surface area contributed by atoms with Gasteiger partial charge >= 0.3 is 23.9 Å². The lowest BCUT2D eigenvalue weighted by Crippen LogP contribution is -2.49. The smallest absolute Gasteiger partial charge is 0.363 e. The first-order valence-electron chi connectivity index (χ1n) is 17.7. The van der Waals surface area contributed by atoms with Gasteiger partial charge in [0.25, 0.3) is 17.7 Å². The Morgan fingerprint density at radius 3 is 1.44 bits per heavy atom. The number of hydrogen-bond donors (Lipinski definition) is 5. The highest BCUT2D eigenvalue weighted by atomic mass is 127. The Balaban J connectivity index is 1.40. The maximum absolute atomic E-state index is 12.9. The van der Waals surface area contributed by atoms with Crippen LogP contribution in [0.4, 0.5) is 0 Å². The molecule has 0 saturated carbocycles. The SMILES string of the molecule is O=C(O)CN1CCN(CC(=O)O)CCN(CC(=O)NCCCCCCNC(=O)c2cc(I)cc(C(=O)ON3C(=O)CCC3=O)c2)CCN(CC(=O)O)CC1. The van der Waals surface area contributed by atoms with E-state index < -0.39 is 41.6 Å². The molecule has 2 aliphatic heterocycles. The van der Waals surface area contributed by atoms with Gasteiger partial charge in [0, 0.05) is 87.4 Å². The van der Waals surface area contributed by atoms with Gasteiger partial charge in [0.15, 0.2) is 0 Å². The normalized spacial score (nSPS) is 17.0. The summed E-state index contributed by atoms with van der Waals surface area (Å²) in [5.41, 5.74) is 0.246. The van der Waals surface area contributed by atoms with E-state index in [1.807, 2.05) is 27.5 Å². The van der Waals surface area contributed by atoms with Gasteiger partial charge in [-0.3, -0.25) is 53.2 Å². The van der Waals surface area contributed by atoms with Crippen LogP contribution in [0.15, 0.2) is 18.2 Å². The topological polar surface area (TPSA) is 247 Å². The van der Waals surface area contributed by atoms with Crippen LogP contribution in [0.1, 0.15) is 59.2 Å². The molecule has 1 aromatic rings. The molecule has 2 saturated heterocycles. The average molecular weight is 874 g/mol. The molecule has 0 unspecified atom stereocenters. The number of aliphatic carboxylic acids is 3. The highest BCUT2D eigenvalue weighted by Gasteiger charge is 2.33. The van der Waals surface area contributed by atoms with E-state index in [4.69, 9.17) is 4.84 Å². The van der Waals surface area contributed by atoms with Gasteiger partial charge in [0.2, 0.25) is 5.91 Å². The van der Waals surface area contributed by atoms with Crippen molar-refractivity contribution in [1.82, 2.24) is 35.3 Å². The van der Waals surface area contributed by atoms with Crippen LogP contribution >= 0.6 is 22.6 Å². The van der Waals surface area contributed by atoms with E-state index >= 15 is 0 Å². The minimum Gasteiger partial charge on any atom is -0.480 e. The molecule has 5 N–H and O–H groups in total. The van der Waals surface area contributed by atoms with Crippen molar-refractivity contribution < 1.29 is 58.5 Å². The highest BCUT2D eigenvalue weighted by Crippen LogP contribution is 2.18. The van der Waals surface area contributed by atoms with Crippen molar-refractivity contribution in [2.45, 2.75) is 38.5 Å². The number of nitrogens with one attached hydrogen (secondary N) is 2. The number of imide groups is 1. The first kappa shape index (κ1) is 44.1. The third-order valence-electron chi connectivity index (χ3n) is 8.66. The van der Waals surface area contributed by atoms with Crippen LogP contribution in [0, 0.1) is 3.57 Å². The molecule has 20 heteroatoms. The Hall–Kier alpha value is -4.25. The number of carbonyl (C=O) groups is 8. The number of halogens is 1. The number of hydrogen-bond acceptors (Lipinski definition) is 13. The summed E-state index contributed by atoms with van der Waals surface area (Å²) in [7, 11) is 0. The number of nitrogens with zero attached hydrogens (tertiary/aromatic N) is 5. The molecule has 2 aliphatic rings. The van der Waals surface area contributed by atoms with Gasteiger partial charge in [0.05, 0.1) is 31.7 Å². The predicted octanol–water partition coefficient (Wildman–Crippen LogP) is -0.606. The molecule has 0 radical (unpaired) electrons. The molecule has 1 aromatic carbocycles. The van der Waals surface area contributed by atoms with Crippen LogP contribution in [0.5, 0.6) is 0 Å². The number of carbonyl (C=O) groups excluding carboxylic acids is 5. The number of hydroxylamine groups is 2. The number of carboxylic acids is 3. The van der Waals surface area contributed by atoms with E-state index in [2.05, 4.69) is 10.6 Å². The maximum atomic E-state index is 12.9. The van der Waals surface area contributed by atoms with Gasteiger partial charge in [-0.2, -0.15) is 0 Å². The molecule has 0 bridgehead atoms. The van der Waals surface area contributed by atoms with Crippen molar-refractivity contribution in [3.05, 3.63) is 32.9 Å². The zero-order chi connectivity index (χ0) is 39.6. The summed E-state index contributed by atoms with van der Waals surface area (Å²) in [4.78, 5) is 108. The summed E-state index contributed by atoms with van der Waals surface area (Å²) in [5.74, 6) is -5.83. The Labute approximate surface area is 326 Å². The number of benzene rings is 1. The lowest BCUT2D eigenvalue weighted by atomic mass is 10.1. The summed E-state index contributed by atoms with van der Waals surface area (Å²) >= 11 is 1.95. The van der Waals surface area contributed by atoms with Gasteiger partial charge in [-0.25, -0.2) is 4.79 Å². The van der Waals surface area contributed by atoms with Gasteiger partial charge in [0.1, 0.15) is 0 Å². The Morgan fingerprint density at radius 2 is 1.00 bits per heavy atom. The largest absolute Gasteiger partial charge is 0.480 e. The summed E-state index contributed by atoms with van der Waals surface area (Å²) in [6, 6.07) is 4.41. The molecule has 0 spiro atoms. The number of unbranched alkanes of at least 4 members (excludes halogenated alkanes) is 3. The molecule has 0 aromatic heterocycles. The molecule has 2 heterocycles. The summed E-state index contributed by atoms with van der Waals surface area (Å²) < 4.78 is 0.586. The van der Waals surface area contributed by atoms with E-state index in [1.54, 1.807) is 20.8 Å². The third kappa shape index (κ3) is 16.4. The Bertz CT molecular complexity index is 1480. The molecular weight excluding hydrogens is 825 g/mol. The molecule has 4 amide bonds. The standard InChI is InChI=1S/C34H48IN7O12/c35-26-18-24(17-25(19-26)34(53)54-42-28(44)5-6-29(42)45)33(52)37-8-4-2-1-3-7-36-27(43)20-38-9-11-39(21-30(46)47)13-15-41(23-32(50)51)16-14-40(12-10-38)22-31(48)49/h17-19H,1-16,20-23H2,(H,36,43)(H,37,52)(H,46,47)(H,48,49)(H,50,51). The van der Waals surface area contributed by atoms with E-state index in [0.29, 0.717) is 60.7 Å². The lowest BCUT2D eigenvalue weighted by Gasteiger charge is -2.32. The van der Waals surface area contributed by atoms with Crippen molar-refractivity contribution >= 4 is 70.1 Å². The zero-order valence-corrected chi connectivity index (χ0v) is 32.2. The molecule has 19 nitrogen and oxygen atoms in total. The van der Waals surface area contributed by atoms with Crippen LogP contribution < -0.4 is 10.6 Å². The van der Waals surface area contributed by atoms with Crippen LogP contribution in [0.2, 0.25) is 0 Å². The second-order valence-electron chi connectivity index (χ2n) is 13.0. The first-order valence-corrected chi connectivity index (χ1v) is 18.8. The van der Waals surface area contributed by atoms with E-state index in [-0.39, 0.29) is 82.2 Å². The highest BCUT2D eigenvalue weighted by molar-refractivity contribution is 14.1. The van der Waals surface area contributed by atoms with Crippen LogP contribution in [-0.4, -0.2) is 179 Å². The predicted molar refractivity (Wildman–Crippen MR) is 198 cm³/mol. The second kappa shape index (κ2) is 22.8. The third-order valence-corrected chi connectivity index (χ3v) is 9.28. The molecule has 2 fully saturated rings. The molecule has 298 valence electrons. The second-order valence-corrected chi connectivity index (χ2v) is 14.2. The monoisotopic (exact) mass is 873 g/mol. The fourth-order valence-electron chi connectivity index (χ4n) is 5.81. The van der Waals surface area contributed by atoms with Crippen molar-refractivity contribution in [2.24, 2.45) is 0 Å². The molecule has 54 heavy (non-hydrogen) atoms. The maximum Gasteiger partial charge on any atom is 0.363 e. The van der Waals surface area contributed by atoms with Gasteiger partial charge in [-0.05, 0) is 53.6 Å². The zero-order valence-electron chi connectivity index (χ0n) is 30.0. The van der Waals surface area contributed by atoms with Crippen LogP contribution in [0.25, 0.3) is 0 Å². The Morgan fingerprint density at radius 1 is 0.593 bits per heavy atom. The minimum absolute atomic E-state index is 0.0242. The average Bonchev–Trinajstić information content (AvgIpc) is 3.41. The fourth-order valence-corrected chi connectivity index (χ4v) is 6.48. The van der Waals surface area contributed by atoms with Crippen LogP contribution in [0.3, 0.4) is 0 Å². The number of rotatable bonds is 18. The van der Waals surface area contributed by atoms with Crippen LogP contribution in [-0.2, 0) is 33.6 Å². The summed E-state index contributed by atoms with van der Waals surface area (Å²) in [5, 5.41) is 34.3. The molecular formula is C34H48IN7O12. The van der Waals surface area contributed by atoms with Gasteiger partial charge in [-0.1, -0.05) is 12.8 Å². The van der Waals surface area contributed by atoms with Crippen molar-refractivity contribution in [3.63, 3.8) is 0 Å². The van der Waals surface area contributed by atoms with Crippen molar-refractivity contribution in [2.75, 3.05) is 91.6 Å². The lowest BCUT2D eigenvalue weighted by molar-refractivity contribution is -0.172. The first-order chi connectivity index (χ1) is 25.7. The number of carboxylic acid groups (broad SMARTS) is 3. The minimum atomic E-state index is -1.03. The van der Waals surface area contributed by atoms with Gasteiger partial charge in [-0.15, -0.1) is 5.06 Å². The van der Waals surface area contributed by atoms with E-state index in [9.17, 15) is 53.7 Å². The number of amides is 4. The summed E-state index contributed by atoms with van der Waals surface area (Å²) in [6.07, 6.45) is 2.84. The molecule has 0 aliphatic carbocycles. The van der Waals surface area contributed by atoms with Gasteiger partial charge < -0.3 is 30.8 Å². The summed E-state index contributed by atoms with van der Waals surface area (Å²) in [6.45, 7) is 2.56. The quantitative estimate of drug-likeness (QED) is 0.0702. The van der Waals surface area contributed by atoms with E-state index in [1.165, 1.54) is 12.1 Å². The Kier molecular flexibility index (Phi) is 18.7. The molecule has 0 atom stereocenters. The van der Waals surface area contributed by atoms with E-state index in [0.717, 1.165) is 12.8 Å². The van der Waals surface area contributed by atoms with Crippen molar-refractivity contribution in [3.8, 4) is 0 Å². The fraction of sp³-hybridized carbons (Fsp3) is 0.588.